The Morgan fingerprint density at radius 3 is 3.05 bits per heavy atom. The lowest BCUT2D eigenvalue weighted by molar-refractivity contribution is -0.137. The first-order valence-electron chi connectivity index (χ1n) is 6.15. The van der Waals surface area contributed by atoms with Crippen LogP contribution < -0.4 is 10.6 Å². The standard InChI is InChI=1S/C12H12N4O5S/c17-9(13-6-10(18)19)4-8-11(20)15-12(22-8)16-14-5-7-2-1-3-21-7/h1-3,5,8H,4,6H2,(H,13,17)(H,18,19)(H,15,16,20)/b14-5-/t8-/m1/s1. The normalized spacial score (nSPS) is 19.5. The van der Waals surface area contributed by atoms with Gasteiger partial charge in [-0.1, -0.05) is 11.8 Å². The van der Waals surface area contributed by atoms with E-state index in [0.717, 1.165) is 11.8 Å². The number of furan rings is 1. The highest BCUT2D eigenvalue weighted by molar-refractivity contribution is 8.15. The molecule has 9 nitrogen and oxygen atoms in total. The Labute approximate surface area is 128 Å². The van der Waals surface area contributed by atoms with Crippen LogP contribution in [0.5, 0.6) is 0 Å². The van der Waals surface area contributed by atoms with Crippen molar-refractivity contribution in [3.05, 3.63) is 24.2 Å². The van der Waals surface area contributed by atoms with Crippen LogP contribution in [-0.2, 0) is 14.4 Å². The van der Waals surface area contributed by atoms with E-state index >= 15 is 0 Å². The van der Waals surface area contributed by atoms with Crippen molar-refractivity contribution in [3.8, 4) is 0 Å². The van der Waals surface area contributed by atoms with Crippen LogP contribution in [0.25, 0.3) is 0 Å². The number of hydrogen-bond acceptors (Lipinski definition) is 7. The molecule has 0 aliphatic carbocycles. The van der Waals surface area contributed by atoms with Crippen LogP contribution in [0.4, 0.5) is 0 Å². The van der Waals surface area contributed by atoms with Crippen LogP contribution in [-0.4, -0.2) is 46.1 Å². The largest absolute Gasteiger partial charge is 0.480 e. The minimum atomic E-state index is -1.15. The molecule has 22 heavy (non-hydrogen) atoms. The topological polar surface area (TPSA) is 133 Å². The summed E-state index contributed by atoms with van der Waals surface area (Å²) in [5.74, 6) is -1.52. The van der Waals surface area contributed by atoms with E-state index in [2.05, 4.69) is 20.8 Å². The van der Waals surface area contributed by atoms with Gasteiger partial charge in [0.25, 0.3) is 0 Å². The summed E-state index contributed by atoms with van der Waals surface area (Å²) in [6.45, 7) is -0.480. The lowest BCUT2D eigenvalue weighted by atomic mass is 10.2. The lowest BCUT2D eigenvalue weighted by Gasteiger charge is -2.04. The highest BCUT2D eigenvalue weighted by Crippen LogP contribution is 2.22. The predicted octanol–water partition coefficient (Wildman–Crippen LogP) is -0.208. The number of amidine groups is 1. The fraction of sp³-hybridized carbons (Fsp3) is 0.250. The molecule has 2 rings (SSSR count). The zero-order valence-electron chi connectivity index (χ0n) is 11.2. The molecule has 1 aliphatic heterocycles. The molecule has 1 aromatic rings. The van der Waals surface area contributed by atoms with Crippen LogP contribution in [0.2, 0.25) is 0 Å². The van der Waals surface area contributed by atoms with E-state index in [1.807, 2.05) is 0 Å². The maximum Gasteiger partial charge on any atom is 0.322 e. The van der Waals surface area contributed by atoms with Gasteiger partial charge >= 0.3 is 5.97 Å². The lowest BCUT2D eigenvalue weighted by Crippen LogP contribution is -2.33. The average molecular weight is 324 g/mol. The van der Waals surface area contributed by atoms with Crippen LogP contribution >= 0.6 is 11.8 Å². The summed E-state index contributed by atoms with van der Waals surface area (Å²) in [6.07, 6.45) is 2.74. The van der Waals surface area contributed by atoms with E-state index in [9.17, 15) is 14.4 Å². The van der Waals surface area contributed by atoms with Gasteiger partial charge in [-0.2, -0.15) is 5.10 Å². The molecular formula is C12H12N4O5S. The SMILES string of the molecule is O=C(O)CNC(=O)C[C@H]1S/C(=N\N=C/c2ccco2)NC1=O. The van der Waals surface area contributed by atoms with Gasteiger partial charge in [-0.05, 0) is 12.1 Å². The van der Waals surface area contributed by atoms with E-state index in [0.29, 0.717) is 5.76 Å². The van der Waals surface area contributed by atoms with Gasteiger partial charge in [0, 0.05) is 6.42 Å². The zero-order chi connectivity index (χ0) is 15.9. The van der Waals surface area contributed by atoms with Gasteiger partial charge in [-0.25, -0.2) is 0 Å². The van der Waals surface area contributed by atoms with Crippen molar-refractivity contribution < 1.29 is 23.9 Å². The quantitative estimate of drug-likeness (QED) is 0.490. The molecule has 1 saturated heterocycles. The molecule has 1 atom stereocenters. The number of nitrogens with zero attached hydrogens (tertiary/aromatic N) is 2. The molecule has 1 aromatic heterocycles. The monoisotopic (exact) mass is 324 g/mol. The maximum atomic E-state index is 11.7. The molecule has 0 bridgehead atoms. The van der Waals surface area contributed by atoms with Crippen LogP contribution in [0.1, 0.15) is 12.2 Å². The molecule has 0 saturated carbocycles. The number of amides is 2. The van der Waals surface area contributed by atoms with E-state index in [1.54, 1.807) is 12.1 Å². The molecule has 116 valence electrons. The third-order valence-corrected chi connectivity index (χ3v) is 3.53. The number of rotatable bonds is 6. The summed E-state index contributed by atoms with van der Waals surface area (Å²) in [4.78, 5) is 33.5. The third-order valence-electron chi connectivity index (χ3n) is 2.46. The molecular weight excluding hydrogens is 312 g/mol. The van der Waals surface area contributed by atoms with Crippen molar-refractivity contribution >= 4 is 40.9 Å². The number of thioether (sulfide) groups is 1. The number of carboxylic acids is 1. The van der Waals surface area contributed by atoms with Gasteiger partial charge in [-0.15, -0.1) is 5.10 Å². The molecule has 2 amide bonds. The Morgan fingerprint density at radius 1 is 1.55 bits per heavy atom. The molecule has 10 heteroatoms. The van der Waals surface area contributed by atoms with Crippen molar-refractivity contribution in [2.45, 2.75) is 11.7 Å². The minimum Gasteiger partial charge on any atom is -0.480 e. The Hall–Kier alpha value is -2.62. The second-order valence-corrected chi connectivity index (χ2v) is 5.33. The summed E-state index contributed by atoms with van der Waals surface area (Å²) >= 11 is 1.06. The number of carbonyl (C=O) groups excluding carboxylic acids is 2. The molecule has 0 radical (unpaired) electrons. The molecule has 1 aliphatic rings. The van der Waals surface area contributed by atoms with Gasteiger partial charge in [-0.3, -0.25) is 14.4 Å². The Kier molecular flexibility index (Phi) is 5.31. The number of hydrogen-bond donors (Lipinski definition) is 3. The van der Waals surface area contributed by atoms with E-state index in [-0.39, 0.29) is 17.5 Å². The summed E-state index contributed by atoms with van der Waals surface area (Å²) < 4.78 is 5.03. The Morgan fingerprint density at radius 2 is 2.36 bits per heavy atom. The van der Waals surface area contributed by atoms with Crippen LogP contribution in [0, 0.1) is 0 Å². The second-order valence-electron chi connectivity index (χ2n) is 4.14. The van der Waals surface area contributed by atoms with Crippen molar-refractivity contribution in [3.63, 3.8) is 0 Å². The van der Waals surface area contributed by atoms with Crippen molar-refractivity contribution in [1.29, 1.82) is 0 Å². The fourth-order valence-corrected chi connectivity index (χ4v) is 2.43. The first-order valence-corrected chi connectivity index (χ1v) is 7.03. The number of aliphatic carboxylic acids is 1. The smallest absolute Gasteiger partial charge is 0.322 e. The summed E-state index contributed by atoms with van der Waals surface area (Å²) in [5, 5.41) is 20.3. The molecule has 1 fully saturated rings. The molecule has 0 spiro atoms. The first kappa shape index (κ1) is 15.8. The van der Waals surface area contributed by atoms with E-state index in [4.69, 9.17) is 9.52 Å². The summed E-state index contributed by atoms with van der Waals surface area (Å²) in [5.41, 5.74) is 0. The third kappa shape index (κ3) is 4.74. The first-order chi connectivity index (χ1) is 10.5. The summed E-state index contributed by atoms with van der Waals surface area (Å²) in [7, 11) is 0. The zero-order valence-corrected chi connectivity index (χ0v) is 12.0. The highest BCUT2D eigenvalue weighted by atomic mass is 32.2. The second kappa shape index (κ2) is 7.41. The highest BCUT2D eigenvalue weighted by Gasteiger charge is 2.32. The Bertz CT molecular complexity index is 625. The van der Waals surface area contributed by atoms with E-state index < -0.39 is 23.7 Å². The van der Waals surface area contributed by atoms with Gasteiger partial charge in [0.1, 0.15) is 17.6 Å². The molecule has 0 aromatic carbocycles. The molecule has 3 N–H and O–H groups in total. The maximum absolute atomic E-state index is 11.7. The number of nitrogens with one attached hydrogen (secondary N) is 2. The number of carboxylic acid groups (broad SMARTS) is 1. The molecule has 2 heterocycles. The van der Waals surface area contributed by atoms with Crippen LogP contribution in [0.3, 0.4) is 0 Å². The summed E-state index contributed by atoms with van der Waals surface area (Å²) in [6, 6.07) is 3.39. The fourth-order valence-electron chi connectivity index (χ4n) is 1.50. The van der Waals surface area contributed by atoms with Gasteiger partial charge in [0.05, 0.1) is 12.5 Å². The van der Waals surface area contributed by atoms with Crippen LogP contribution in [0.15, 0.2) is 33.0 Å². The van der Waals surface area contributed by atoms with Crippen molar-refractivity contribution in [1.82, 2.24) is 10.6 Å². The minimum absolute atomic E-state index is 0.134. The number of carbonyl (C=O) groups is 3. The average Bonchev–Trinajstić information content (AvgIpc) is 3.08. The Balaban J connectivity index is 1.85. The van der Waals surface area contributed by atoms with Crippen molar-refractivity contribution in [2.24, 2.45) is 10.2 Å². The predicted molar refractivity (Wildman–Crippen MR) is 78.5 cm³/mol. The van der Waals surface area contributed by atoms with Gasteiger partial charge in [0.2, 0.25) is 11.8 Å². The van der Waals surface area contributed by atoms with Gasteiger partial charge < -0.3 is 20.2 Å². The van der Waals surface area contributed by atoms with Gasteiger partial charge in [0.15, 0.2) is 5.17 Å². The molecule has 0 unspecified atom stereocenters. The van der Waals surface area contributed by atoms with E-state index in [1.165, 1.54) is 12.5 Å². The van der Waals surface area contributed by atoms with Crippen molar-refractivity contribution in [2.75, 3.05) is 6.54 Å².